The number of hydrogen-bond acceptors (Lipinski definition) is 7. The Morgan fingerprint density at radius 2 is 1.97 bits per heavy atom. The fraction of sp³-hybridized carbons (Fsp3) is 0.381. The van der Waals surface area contributed by atoms with Crippen molar-refractivity contribution in [3.8, 4) is 0 Å². The molecule has 1 fully saturated rings. The second-order valence-electron chi connectivity index (χ2n) is 7.92. The van der Waals surface area contributed by atoms with Crippen molar-refractivity contribution in [2.45, 2.75) is 49.2 Å². The molecule has 1 aliphatic carbocycles. The van der Waals surface area contributed by atoms with Crippen molar-refractivity contribution in [3.63, 3.8) is 0 Å². The molecule has 8 N–H and O–H groups in total. The number of aliphatic hydroxyl groups excluding tert-OH is 2. The highest BCUT2D eigenvalue weighted by Crippen LogP contribution is 2.30. The zero-order chi connectivity index (χ0) is 24.2. The number of nitrogens with two attached hydrogens (primary N) is 1. The highest BCUT2D eigenvalue weighted by Gasteiger charge is 2.49. The van der Waals surface area contributed by atoms with Crippen molar-refractivity contribution < 1.29 is 34.1 Å². The van der Waals surface area contributed by atoms with Crippen LogP contribution in [0.25, 0.3) is 0 Å². The maximum absolute atomic E-state index is 13.3. The van der Waals surface area contributed by atoms with Gasteiger partial charge < -0.3 is 37.0 Å². The van der Waals surface area contributed by atoms with E-state index in [2.05, 4.69) is 16.0 Å². The minimum absolute atomic E-state index is 0.123. The Hall–Kier alpha value is -3.06. The van der Waals surface area contributed by atoms with Crippen LogP contribution in [-0.2, 0) is 16.0 Å². The molecule has 12 heteroatoms. The molecule has 2 aromatic rings. The van der Waals surface area contributed by atoms with Crippen molar-refractivity contribution >= 4 is 34.9 Å². The van der Waals surface area contributed by atoms with Crippen LogP contribution in [0.15, 0.2) is 41.8 Å². The summed E-state index contributed by atoms with van der Waals surface area (Å²) < 4.78 is 13.3. The number of urea groups is 1. The third kappa shape index (κ3) is 6.26. The lowest BCUT2D eigenvalue weighted by molar-refractivity contribution is -0.158. The number of amides is 4. The fourth-order valence-electron chi connectivity index (χ4n) is 3.67. The van der Waals surface area contributed by atoms with Gasteiger partial charge in [-0.05, 0) is 29.6 Å². The molecular weight excluding hydrogens is 455 g/mol. The molecule has 1 aliphatic rings. The van der Waals surface area contributed by atoms with E-state index in [0.717, 1.165) is 10.9 Å². The van der Waals surface area contributed by atoms with E-state index in [4.69, 9.17) is 5.73 Å². The van der Waals surface area contributed by atoms with E-state index in [0.29, 0.717) is 0 Å². The number of carbonyl (C=O) groups excluding carboxylic acids is 3. The summed E-state index contributed by atoms with van der Waals surface area (Å²) in [6, 6.07) is 5.47. The maximum atomic E-state index is 13.3. The number of rotatable bonds is 7. The van der Waals surface area contributed by atoms with Gasteiger partial charge >= 0.3 is 6.03 Å². The lowest BCUT2D eigenvalue weighted by atomic mass is 9.77. The second kappa shape index (κ2) is 10.3. The first-order chi connectivity index (χ1) is 15.6. The number of hydrogen-bond donors (Lipinski definition) is 7. The molecule has 5 atom stereocenters. The lowest BCUT2D eigenvalue weighted by Crippen LogP contribution is -2.64. The Morgan fingerprint density at radius 3 is 2.61 bits per heavy atom. The van der Waals surface area contributed by atoms with Crippen molar-refractivity contribution in [2.24, 2.45) is 5.73 Å². The predicted octanol–water partition coefficient (Wildman–Crippen LogP) is -0.163. The number of halogens is 1. The molecule has 10 nitrogen and oxygen atoms in total. The summed E-state index contributed by atoms with van der Waals surface area (Å²) >= 11 is 1.37. The minimum atomic E-state index is -2.20. The molecule has 1 heterocycles. The Balaban J connectivity index is 1.67. The molecule has 1 aromatic heterocycles. The maximum Gasteiger partial charge on any atom is 0.319 e. The summed E-state index contributed by atoms with van der Waals surface area (Å²) in [5, 5.41) is 40.4. The Kier molecular flexibility index (Phi) is 7.64. The zero-order valence-corrected chi connectivity index (χ0v) is 18.2. The number of benzene rings is 1. The Labute approximate surface area is 192 Å². The Morgan fingerprint density at radius 1 is 1.21 bits per heavy atom. The van der Waals surface area contributed by atoms with Gasteiger partial charge in [-0.1, -0.05) is 12.1 Å². The van der Waals surface area contributed by atoms with Crippen LogP contribution in [0.1, 0.15) is 17.7 Å². The predicted molar refractivity (Wildman–Crippen MR) is 118 cm³/mol. The van der Waals surface area contributed by atoms with Gasteiger partial charge in [0.1, 0.15) is 23.6 Å². The summed E-state index contributed by atoms with van der Waals surface area (Å²) in [6.07, 6.45) is -3.86. The molecule has 0 spiro atoms. The quantitative estimate of drug-likeness (QED) is 0.290. The third-order valence-electron chi connectivity index (χ3n) is 5.37. The summed E-state index contributed by atoms with van der Waals surface area (Å²) in [7, 11) is 0. The van der Waals surface area contributed by atoms with E-state index in [-0.39, 0.29) is 12.1 Å². The smallest absolute Gasteiger partial charge is 0.319 e. The van der Waals surface area contributed by atoms with Crippen LogP contribution in [0, 0.1) is 5.82 Å². The van der Waals surface area contributed by atoms with Gasteiger partial charge in [0.2, 0.25) is 5.91 Å². The SMILES string of the molecule is NC(=O)[C@H](Cc1cccs1)NC(=O)[C@@]1(O)C[C@@H](O)[C@H](O)[C@@H](NC(=O)Nc2cccc(F)c2)C1. The van der Waals surface area contributed by atoms with E-state index in [1.54, 1.807) is 17.5 Å². The third-order valence-corrected chi connectivity index (χ3v) is 6.27. The molecule has 1 saturated carbocycles. The molecule has 1 aromatic carbocycles. The topological polar surface area (TPSA) is 174 Å². The van der Waals surface area contributed by atoms with Crippen LogP contribution in [-0.4, -0.2) is 63.1 Å². The number of primary amides is 1. The first kappa shape index (κ1) is 24.6. The van der Waals surface area contributed by atoms with Crippen LogP contribution in [0.3, 0.4) is 0 Å². The minimum Gasteiger partial charge on any atom is -0.390 e. The van der Waals surface area contributed by atoms with E-state index in [9.17, 15) is 34.1 Å². The molecule has 33 heavy (non-hydrogen) atoms. The number of aliphatic hydroxyl groups is 3. The Bertz CT molecular complexity index is 1010. The summed E-state index contributed by atoms with van der Waals surface area (Å²) in [4.78, 5) is 37.7. The molecule has 0 unspecified atom stereocenters. The summed E-state index contributed by atoms with van der Waals surface area (Å²) in [6.45, 7) is 0. The molecule has 4 amide bonds. The molecule has 0 saturated heterocycles. The molecule has 0 bridgehead atoms. The van der Waals surface area contributed by atoms with Crippen LogP contribution in [0.2, 0.25) is 0 Å². The fourth-order valence-corrected chi connectivity index (χ4v) is 4.42. The van der Waals surface area contributed by atoms with Gasteiger partial charge in [-0.15, -0.1) is 11.3 Å². The number of carbonyl (C=O) groups is 3. The number of nitrogens with one attached hydrogen (secondary N) is 3. The standard InChI is InChI=1S/C21H25FN4O6S/c22-11-3-1-4-12(7-11)24-20(31)26-15-9-21(32,10-16(27)17(15)28)19(30)25-14(18(23)29)8-13-5-2-6-33-13/h1-7,14-17,27-28,32H,8-10H2,(H2,23,29)(H,25,30)(H2,24,26,31)/t14-,15-,16+,17+,21-/m0/s1. The normalized spacial score (nSPS) is 25.6. The first-order valence-corrected chi connectivity index (χ1v) is 11.0. The highest BCUT2D eigenvalue weighted by molar-refractivity contribution is 7.09. The zero-order valence-electron chi connectivity index (χ0n) is 17.4. The van der Waals surface area contributed by atoms with Crippen molar-refractivity contribution in [1.82, 2.24) is 10.6 Å². The van der Waals surface area contributed by atoms with E-state index in [1.165, 1.54) is 29.5 Å². The molecule has 0 aliphatic heterocycles. The van der Waals surface area contributed by atoms with Crippen LogP contribution in [0.5, 0.6) is 0 Å². The van der Waals surface area contributed by atoms with Crippen LogP contribution in [0.4, 0.5) is 14.9 Å². The highest BCUT2D eigenvalue weighted by atomic mass is 32.1. The van der Waals surface area contributed by atoms with Crippen molar-refractivity contribution in [3.05, 3.63) is 52.5 Å². The monoisotopic (exact) mass is 480 g/mol. The summed E-state index contributed by atoms with van der Waals surface area (Å²) in [5.74, 6) is -2.34. The average molecular weight is 481 g/mol. The molecule has 0 radical (unpaired) electrons. The molecule has 178 valence electrons. The summed E-state index contributed by atoms with van der Waals surface area (Å²) in [5.41, 5.74) is 3.34. The van der Waals surface area contributed by atoms with Crippen LogP contribution < -0.4 is 21.7 Å². The lowest BCUT2D eigenvalue weighted by Gasteiger charge is -2.41. The van der Waals surface area contributed by atoms with Crippen LogP contribution >= 0.6 is 11.3 Å². The molecular formula is C21H25FN4O6S. The van der Waals surface area contributed by atoms with E-state index < -0.39 is 66.4 Å². The van der Waals surface area contributed by atoms with Crippen molar-refractivity contribution in [1.29, 1.82) is 0 Å². The number of anilines is 1. The average Bonchev–Trinajstić information content (AvgIpc) is 3.24. The van der Waals surface area contributed by atoms with Gasteiger partial charge in [0.05, 0.1) is 12.1 Å². The van der Waals surface area contributed by atoms with Gasteiger partial charge in [0, 0.05) is 29.8 Å². The first-order valence-electron chi connectivity index (χ1n) is 10.1. The van der Waals surface area contributed by atoms with Crippen molar-refractivity contribution in [2.75, 3.05) is 5.32 Å². The van der Waals surface area contributed by atoms with E-state index >= 15 is 0 Å². The van der Waals surface area contributed by atoms with Gasteiger partial charge in [0.15, 0.2) is 0 Å². The van der Waals surface area contributed by atoms with Gasteiger partial charge in [0.25, 0.3) is 5.91 Å². The van der Waals surface area contributed by atoms with Gasteiger partial charge in [-0.2, -0.15) is 0 Å². The van der Waals surface area contributed by atoms with Gasteiger partial charge in [-0.25, -0.2) is 9.18 Å². The number of thiophene rings is 1. The van der Waals surface area contributed by atoms with Gasteiger partial charge in [-0.3, -0.25) is 9.59 Å². The van der Waals surface area contributed by atoms with E-state index in [1.807, 2.05) is 0 Å². The molecule has 3 rings (SSSR count). The largest absolute Gasteiger partial charge is 0.390 e. The second-order valence-corrected chi connectivity index (χ2v) is 8.96.